The number of rotatable bonds is 4. The molecule has 8 heteroatoms. The highest BCUT2D eigenvalue weighted by Gasteiger charge is 2.28. The van der Waals surface area contributed by atoms with Crippen molar-refractivity contribution in [3.8, 4) is 0 Å². The second-order valence-corrected chi connectivity index (χ2v) is 5.00. The average molecular weight is 281 g/mol. The molecular formula is C12H19N5O3. The van der Waals surface area contributed by atoms with E-state index >= 15 is 0 Å². The molecule has 0 aliphatic carbocycles. The molecule has 1 saturated heterocycles. The van der Waals surface area contributed by atoms with Crippen molar-refractivity contribution in [1.29, 1.82) is 0 Å². The second kappa shape index (κ2) is 6.00. The van der Waals surface area contributed by atoms with Gasteiger partial charge < -0.3 is 10.2 Å². The van der Waals surface area contributed by atoms with Crippen LogP contribution in [0.1, 0.15) is 30.3 Å². The van der Waals surface area contributed by atoms with Gasteiger partial charge in [0.2, 0.25) is 5.69 Å². The lowest BCUT2D eigenvalue weighted by Crippen LogP contribution is -2.44. The summed E-state index contributed by atoms with van der Waals surface area (Å²) < 4.78 is 1.36. The van der Waals surface area contributed by atoms with Crippen molar-refractivity contribution in [2.75, 3.05) is 20.1 Å². The van der Waals surface area contributed by atoms with E-state index in [9.17, 15) is 14.9 Å². The lowest BCUT2D eigenvalue weighted by atomic mass is 10.1. The Morgan fingerprint density at radius 1 is 1.55 bits per heavy atom. The third kappa shape index (κ3) is 2.96. The largest absolute Gasteiger partial charge is 0.348 e. The van der Waals surface area contributed by atoms with E-state index in [4.69, 9.17) is 0 Å². The van der Waals surface area contributed by atoms with Gasteiger partial charge in [0.05, 0.1) is 4.92 Å². The Labute approximate surface area is 116 Å². The number of piperidine rings is 1. The number of carbonyl (C=O) groups is 1. The topological polar surface area (TPSA) is 93.3 Å². The van der Waals surface area contributed by atoms with Crippen LogP contribution in [0.3, 0.4) is 0 Å². The third-order valence-electron chi connectivity index (χ3n) is 3.59. The Hall–Kier alpha value is -1.96. The Morgan fingerprint density at radius 3 is 2.75 bits per heavy atom. The van der Waals surface area contributed by atoms with E-state index in [1.54, 1.807) is 6.92 Å². The predicted molar refractivity (Wildman–Crippen MR) is 72.5 cm³/mol. The highest BCUT2D eigenvalue weighted by Crippen LogP contribution is 2.18. The Balaban J connectivity index is 2.12. The maximum absolute atomic E-state index is 12.3. The van der Waals surface area contributed by atoms with Gasteiger partial charge in [0.25, 0.3) is 5.91 Å². The summed E-state index contributed by atoms with van der Waals surface area (Å²) >= 11 is 0. The van der Waals surface area contributed by atoms with Crippen LogP contribution in [-0.2, 0) is 6.54 Å². The van der Waals surface area contributed by atoms with Gasteiger partial charge in [-0.05, 0) is 39.9 Å². The zero-order chi connectivity index (χ0) is 14.7. The summed E-state index contributed by atoms with van der Waals surface area (Å²) in [5.41, 5.74) is -0.200. The van der Waals surface area contributed by atoms with Crippen molar-refractivity contribution in [2.24, 2.45) is 0 Å². The molecule has 0 aromatic carbocycles. The zero-order valence-electron chi connectivity index (χ0n) is 11.7. The summed E-state index contributed by atoms with van der Waals surface area (Å²) in [5, 5.41) is 17.7. The van der Waals surface area contributed by atoms with E-state index in [1.165, 1.54) is 4.68 Å². The summed E-state index contributed by atoms with van der Waals surface area (Å²) in [6, 6.07) is 0.0681. The molecule has 1 N–H and O–H groups in total. The summed E-state index contributed by atoms with van der Waals surface area (Å²) in [7, 11) is 2.04. The van der Waals surface area contributed by atoms with E-state index in [0.717, 1.165) is 32.1 Å². The lowest BCUT2D eigenvalue weighted by molar-refractivity contribution is -0.385. The van der Waals surface area contributed by atoms with Gasteiger partial charge >= 0.3 is 5.69 Å². The third-order valence-corrected chi connectivity index (χ3v) is 3.59. The molecule has 0 bridgehead atoms. The van der Waals surface area contributed by atoms with Crippen LogP contribution in [0.2, 0.25) is 0 Å². The summed E-state index contributed by atoms with van der Waals surface area (Å²) in [6.45, 7) is 4.05. The van der Waals surface area contributed by atoms with Gasteiger partial charge in [0.1, 0.15) is 6.20 Å². The molecule has 1 aromatic heterocycles. The van der Waals surface area contributed by atoms with Crippen LogP contribution >= 0.6 is 0 Å². The Morgan fingerprint density at radius 2 is 2.20 bits per heavy atom. The minimum atomic E-state index is -0.567. The van der Waals surface area contributed by atoms with E-state index in [1.807, 2.05) is 7.05 Å². The van der Waals surface area contributed by atoms with Crippen LogP contribution in [-0.4, -0.2) is 51.7 Å². The number of carbonyl (C=O) groups excluding carboxylic acids is 1. The maximum atomic E-state index is 12.3. The maximum Gasteiger partial charge on any atom is 0.320 e. The van der Waals surface area contributed by atoms with Crippen molar-refractivity contribution in [3.05, 3.63) is 22.0 Å². The number of nitrogens with one attached hydrogen (secondary N) is 1. The lowest BCUT2D eigenvalue weighted by Gasteiger charge is -2.29. The van der Waals surface area contributed by atoms with Gasteiger partial charge in [0, 0.05) is 12.6 Å². The number of nitro groups is 1. The van der Waals surface area contributed by atoms with Crippen LogP contribution in [0.15, 0.2) is 6.20 Å². The molecule has 2 heterocycles. The quantitative estimate of drug-likeness (QED) is 0.645. The van der Waals surface area contributed by atoms with Crippen molar-refractivity contribution in [1.82, 2.24) is 20.0 Å². The average Bonchev–Trinajstić information content (AvgIpc) is 2.85. The molecule has 1 amide bonds. The molecule has 1 aliphatic rings. The number of likely N-dealkylation sites (tertiary alicyclic amines) is 1. The molecule has 0 saturated carbocycles. The normalized spacial score (nSPS) is 17.1. The fourth-order valence-electron chi connectivity index (χ4n) is 2.39. The second-order valence-electron chi connectivity index (χ2n) is 5.00. The molecule has 110 valence electrons. The first-order chi connectivity index (χ1) is 9.52. The minimum Gasteiger partial charge on any atom is -0.348 e. The summed E-state index contributed by atoms with van der Waals surface area (Å²) in [5.74, 6) is -0.411. The molecule has 20 heavy (non-hydrogen) atoms. The van der Waals surface area contributed by atoms with E-state index in [-0.39, 0.29) is 17.4 Å². The molecule has 8 nitrogen and oxygen atoms in total. The Kier molecular flexibility index (Phi) is 4.33. The van der Waals surface area contributed by atoms with Crippen LogP contribution in [0.25, 0.3) is 0 Å². The minimum absolute atomic E-state index is 0.0384. The molecule has 0 atom stereocenters. The predicted octanol–water partition coefficient (Wildman–Crippen LogP) is 0.635. The first-order valence-corrected chi connectivity index (χ1v) is 6.72. The van der Waals surface area contributed by atoms with Crippen molar-refractivity contribution in [2.45, 2.75) is 32.4 Å². The number of aryl methyl sites for hydroxylation is 1. The van der Waals surface area contributed by atoms with Crippen molar-refractivity contribution < 1.29 is 9.72 Å². The molecule has 0 unspecified atom stereocenters. The molecule has 1 aromatic rings. The number of aromatic nitrogens is 2. The van der Waals surface area contributed by atoms with Crippen LogP contribution in [0.4, 0.5) is 5.69 Å². The van der Waals surface area contributed by atoms with Gasteiger partial charge in [-0.2, -0.15) is 5.10 Å². The monoisotopic (exact) mass is 281 g/mol. The highest BCUT2D eigenvalue weighted by molar-refractivity contribution is 5.96. The summed E-state index contributed by atoms with van der Waals surface area (Å²) in [4.78, 5) is 24.9. The number of nitrogens with zero attached hydrogens (tertiary/aromatic N) is 4. The van der Waals surface area contributed by atoms with E-state index in [2.05, 4.69) is 15.3 Å². The van der Waals surface area contributed by atoms with Crippen LogP contribution in [0.5, 0.6) is 0 Å². The van der Waals surface area contributed by atoms with Gasteiger partial charge in [-0.1, -0.05) is 0 Å². The summed E-state index contributed by atoms with van der Waals surface area (Å²) in [6.07, 6.45) is 2.85. The molecule has 1 fully saturated rings. The first kappa shape index (κ1) is 14.4. The van der Waals surface area contributed by atoms with E-state index in [0.29, 0.717) is 6.54 Å². The smallest absolute Gasteiger partial charge is 0.320 e. The van der Waals surface area contributed by atoms with Crippen LogP contribution < -0.4 is 5.32 Å². The van der Waals surface area contributed by atoms with E-state index < -0.39 is 10.8 Å². The van der Waals surface area contributed by atoms with Crippen molar-refractivity contribution in [3.63, 3.8) is 0 Å². The highest BCUT2D eigenvalue weighted by atomic mass is 16.6. The van der Waals surface area contributed by atoms with Gasteiger partial charge in [-0.3, -0.25) is 19.6 Å². The zero-order valence-corrected chi connectivity index (χ0v) is 11.7. The first-order valence-electron chi connectivity index (χ1n) is 6.72. The number of hydrogen-bond acceptors (Lipinski definition) is 5. The number of hydrogen-bond donors (Lipinski definition) is 1. The molecular weight excluding hydrogens is 262 g/mol. The number of amides is 1. The van der Waals surface area contributed by atoms with Gasteiger partial charge in [-0.15, -0.1) is 0 Å². The molecule has 0 spiro atoms. The molecule has 2 rings (SSSR count). The SMILES string of the molecule is CCn1ncc([N+](=O)[O-])c1C(=O)NC1CCN(C)CC1. The fraction of sp³-hybridized carbons (Fsp3) is 0.667. The standard InChI is InChI=1S/C12H19N5O3/c1-3-16-11(10(8-13-16)17(19)20)12(18)14-9-4-6-15(2)7-5-9/h8-9H,3-7H2,1-2H3,(H,14,18). The fourth-order valence-corrected chi connectivity index (χ4v) is 2.39. The van der Waals surface area contributed by atoms with Crippen LogP contribution in [0, 0.1) is 10.1 Å². The van der Waals surface area contributed by atoms with Crippen molar-refractivity contribution >= 4 is 11.6 Å². The van der Waals surface area contributed by atoms with Gasteiger partial charge in [-0.25, -0.2) is 0 Å². The molecule has 1 aliphatic heterocycles. The molecule has 0 radical (unpaired) electrons. The van der Waals surface area contributed by atoms with Gasteiger partial charge in [0.15, 0.2) is 0 Å². The Bertz CT molecular complexity index is 505.